The molecule has 0 aliphatic carbocycles. The minimum absolute atomic E-state index is 0.0543. The van der Waals surface area contributed by atoms with E-state index in [0.29, 0.717) is 11.3 Å². The van der Waals surface area contributed by atoms with Gasteiger partial charge in [0, 0.05) is 24.7 Å². The molecule has 1 heterocycles. The van der Waals surface area contributed by atoms with E-state index in [2.05, 4.69) is 0 Å². The molecule has 100 valence electrons. The van der Waals surface area contributed by atoms with Crippen molar-refractivity contribution in [2.24, 2.45) is 0 Å². The van der Waals surface area contributed by atoms with Crippen molar-refractivity contribution >= 4 is 23.6 Å². The highest BCUT2D eigenvalue weighted by molar-refractivity contribution is 6.60. The first-order chi connectivity index (χ1) is 9.02. The summed E-state index contributed by atoms with van der Waals surface area (Å²) in [5.41, 5.74) is 0.153. The predicted octanol–water partition coefficient (Wildman–Crippen LogP) is -0.236. The monoisotopic (exact) mass is 264 g/mol. The van der Waals surface area contributed by atoms with Crippen LogP contribution >= 0.6 is 0 Å². The van der Waals surface area contributed by atoms with Crippen molar-refractivity contribution in [1.29, 1.82) is 0 Å². The van der Waals surface area contributed by atoms with Crippen molar-refractivity contribution in [3.63, 3.8) is 0 Å². The van der Waals surface area contributed by atoms with Crippen LogP contribution in [0.15, 0.2) is 27.4 Å². The fourth-order valence-electron chi connectivity index (χ4n) is 1.77. The third-order valence-corrected chi connectivity index (χ3v) is 2.59. The van der Waals surface area contributed by atoms with Crippen molar-refractivity contribution in [2.45, 2.75) is 6.92 Å². The average molecular weight is 264 g/mol. The van der Waals surface area contributed by atoms with Gasteiger partial charge in [0.05, 0.1) is 5.39 Å². The van der Waals surface area contributed by atoms with Crippen molar-refractivity contribution in [3.8, 4) is 5.75 Å². The molecule has 0 aliphatic rings. The summed E-state index contributed by atoms with van der Waals surface area (Å²) in [6.45, 7) is 1.60. The molecule has 0 aliphatic heterocycles. The molecule has 0 spiro atoms. The van der Waals surface area contributed by atoms with Gasteiger partial charge in [-0.2, -0.15) is 0 Å². The number of rotatable bonds is 4. The Hall–Kier alpha value is -1.83. The van der Waals surface area contributed by atoms with Crippen LogP contribution in [-0.2, 0) is 4.74 Å². The zero-order valence-electron chi connectivity index (χ0n) is 10.5. The van der Waals surface area contributed by atoms with E-state index in [0.717, 1.165) is 0 Å². The molecule has 1 aromatic heterocycles. The molecule has 0 unspecified atom stereocenters. The van der Waals surface area contributed by atoms with Crippen LogP contribution < -0.4 is 15.6 Å². The minimum atomic E-state index is -1.75. The molecular formula is C12H13BO6. The van der Waals surface area contributed by atoms with Crippen LogP contribution in [0, 0.1) is 6.92 Å². The summed E-state index contributed by atoms with van der Waals surface area (Å²) in [5.74, 6) is 0.658. The molecule has 0 amide bonds. The molecule has 2 rings (SSSR count). The first-order valence-electron chi connectivity index (χ1n) is 5.59. The Morgan fingerprint density at radius 2 is 2.05 bits per heavy atom. The molecule has 2 aromatic rings. The van der Waals surface area contributed by atoms with Crippen LogP contribution in [-0.4, -0.2) is 31.1 Å². The smallest absolute Gasteiger partial charge is 0.468 e. The maximum absolute atomic E-state index is 11.8. The molecule has 0 saturated heterocycles. The molecule has 0 bridgehead atoms. The summed E-state index contributed by atoms with van der Waals surface area (Å²) in [6.07, 6.45) is 0. The van der Waals surface area contributed by atoms with E-state index >= 15 is 0 Å². The fraction of sp³-hybridized carbons (Fsp3) is 0.250. The lowest BCUT2D eigenvalue weighted by molar-refractivity contribution is 0.0517. The van der Waals surface area contributed by atoms with Crippen molar-refractivity contribution in [2.75, 3.05) is 13.9 Å². The molecule has 19 heavy (non-hydrogen) atoms. The van der Waals surface area contributed by atoms with Crippen LogP contribution in [0.5, 0.6) is 5.75 Å². The number of benzene rings is 1. The van der Waals surface area contributed by atoms with Gasteiger partial charge in [0.25, 0.3) is 0 Å². The number of aryl methyl sites for hydroxylation is 1. The van der Waals surface area contributed by atoms with Gasteiger partial charge >= 0.3 is 7.12 Å². The van der Waals surface area contributed by atoms with Gasteiger partial charge in [-0.3, -0.25) is 4.79 Å². The van der Waals surface area contributed by atoms with E-state index in [-0.39, 0.29) is 28.8 Å². The number of hydrogen-bond donors (Lipinski definition) is 2. The highest BCUT2D eigenvalue weighted by atomic mass is 16.7. The standard InChI is InChI=1S/C12H13BO6/c1-7-3-10(14)8-4-9(13(15)16)12(18-6-17-2)5-11(8)19-7/h3-5,15-16H,6H2,1-2H3. The van der Waals surface area contributed by atoms with Gasteiger partial charge in [0.15, 0.2) is 12.2 Å². The Morgan fingerprint density at radius 1 is 1.32 bits per heavy atom. The molecular weight excluding hydrogens is 251 g/mol. The fourth-order valence-corrected chi connectivity index (χ4v) is 1.77. The van der Waals surface area contributed by atoms with Gasteiger partial charge in [0.1, 0.15) is 17.1 Å². The average Bonchev–Trinajstić information content (AvgIpc) is 2.34. The van der Waals surface area contributed by atoms with Gasteiger partial charge in [-0.05, 0) is 13.0 Å². The Kier molecular flexibility index (Phi) is 3.89. The van der Waals surface area contributed by atoms with E-state index in [4.69, 9.17) is 13.9 Å². The summed E-state index contributed by atoms with van der Waals surface area (Å²) < 4.78 is 15.4. The number of methoxy groups -OCH3 is 1. The summed E-state index contributed by atoms with van der Waals surface area (Å²) in [6, 6.07) is 4.12. The SMILES string of the molecule is COCOc1cc2oc(C)cc(=O)c2cc1B(O)O. The van der Waals surface area contributed by atoms with Crippen LogP contribution in [0.3, 0.4) is 0 Å². The molecule has 0 radical (unpaired) electrons. The topological polar surface area (TPSA) is 89.1 Å². The zero-order valence-corrected chi connectivity index (χ0v) is 10.5. The molecule has 7 heteroatoms. The molecule has 0 atom stereocenters. The summed E-state index contributed by atoms with van der Waals surface area (Å²) >= 11 is 0. The summed E-state index contributed by atoms with van der Waals surface area (Å²) in [5, 5.41) is 18.9. The van der Waals surface area contributed by atoms with Gasteiger partial charge in [0.2, 0.25) is 0 Å². The first kappa shape index (κ1) is 13.6. The lowest BCUT2D eigenvalue weighted by Gasteiger charge is -2.11. The van der Waals surface area contributed by atoms with E-state index in [1.807, 2.05) is 0 Å². The Labute approximate surface area is 109 Å². The van der Waals surface area contributed by atoms with Crippen molar-refractivity contribution in [1.82, 2.24) is 0 Å². The van der Waals surface area contributed by atoms with Crippen LogP contribution in [0.1, 0.15) is 5.76 Å². The van der Waals surface area contributed by atoms with Gasteiger partial charge < -0.3 is 23.9 Å². The molecule has 6 nitrogen and oxygen atoms in total. The van der Waals surface area contributed by atoms with E-state index in [1.165, 1.54) is 25.3 Å². The van der Waals surface area contributed by atoms with E-state index in [9.17, 15) is 14.8 Å². The Morgan fingerprint density at radius 3 is 2.68 bits per heavy atom. The lowest BCUT2D eigenvalue weighted by Crippen LogP contribution is -2.32. The quantitative estimate of drug-likeness (QED) is 0.585. The molecule has 1 aromatic carbocycles. The number of hydrogen-bond acceptors (Lipinski definition) is 6. The highest BCUT2D eigenvalue weighted by Gasteiger charge is 2.20. The Bertz CT molecular complexity index is 648. The van der Waals surface area contributed by atoms with Crippen molar-refractivity contribution < 1.29 is 23.9 Å². The van der Waals surface area contributed by atoms with Gasteiger partial charge in [-0.15, -0.1) is 0 Å². The number of ether oxygens (including phenoxy) is 2. The summed E-state index contributed by atoms with van der Waals surface area (Å²) in [4.78, 5) is 11.8. The number of fused-ring (bicyclic) bond motifs is 1. The van der Waals surface area contributed by atoms with Gasteiger partial charge in [-0.25, -0.2) is 0 Å². The second kappa shape index (κ2) is 5.44. The van der Waals surface area contributed by atoms with Crippen molar-refractivity contribution in [3.05, 3.63) is 34.2 Å². The molecule has 2 N–H and O–H groups in total. The predicted molar refractivity (Wildman–Crippen MR) is 69.6 cm³/mol. The maximum atomic E-state index is 11.8. The second-order valence-electron chi connectivity index (χ2n) is 4.03. The highest BCUT2D eigenvalue weighted by Crippen LogP contribution is 2.18. The first-order valence-corrected chi connectivity index (χ1v) is 5.59. The maximum Gasteiger partial charge on any atom is 0.492 e. The minimum Gasteiger partial charge on any atom is -0.468 e. The molecule has 0 saturated carbocycles. The largest absolute Gasteiger partial charge is 0.492 e. The Balaban J connectivity index is 2.65. The normalized spacial score (nSPS) is 10.7. The molecule has 0 fully saturated rings. The van der Waals surface area contributed by atoms with Crippen LogP contribution in [0.4, 0.5) is 0 Å². The second-order valence-corrected chi connectivity index (χ2v) is 4.03. The van der Waals surface area contributed by atoms with Crippen LogP contribution in [0.2, 0.25) is 0 Å². The summed E-state index contributed by atoms with van der Waals surface area (Å²) in [7, 11) is -0.308. The van der Waals surface area contributed by atoms with Crippen LogP contribution in [0.25, 0.3) is 11.0 Å². The third-order valence-electron chi connectivity index (χ3n) is 2.59. The van der Waals surface area contributed by atoms with E-state index in [1.54, 1.807) is 6.92 Å². The zero-order chi connectivity index (χ0) is 14.0. The lowest BCUT2D eigenvalue weighted by atomic mass is 9.79. The van der Waals surface area contributed by atoms with E-state index < -0.39 is 7.12 Å². The third kappa shape index (κ3) is 2.78. The van der Waals surface area contributed by atoms with Gasteiger partial charge in [-0.1, -0.05) is 0 Å².